The lowest BCUT2D eigenvalue weighted by Gasteiger charge is -2.10. The van der Waals surface area contributed by atoms with Gasteiger partial charge in [-0.2, -0.15) is 0 Å². The molecule has 53 heavy (non-hydrogen) atoms. The van der Waals surface area contributed by atoms with E-state index in [-0.39, 0.29) is 5.69 Å². The van der Waals surface area contributed by atoms with E-state index in [0.29, 0.717) is 176 Å². The number of nitrogens with zero attached hydrogens (tertiary/aromatic N) is 1. The summed E-state index contributed by atoms with van der Waals surface area (Å²) >= 11 is 0. The first-order chi connectivity index (χ1) is 26.2. The summed E-state index contributed by atoms with van der Waals surface area (Å²) in [7, 11) is 0. The third kappa shape index (κ3) is 28.0. The van der Waals surface area contributed by atoms with E-state index in [2.05, 4.69) is 0 Å². The van der Waals surface area contributed by atoms with Crippen LogP contribution in [0.15, 0.2) is 48.5 Å². The minimum atomic E-state index is -0.453. The number of nitro groups is 1. The standard InChI is InChI=1S/C36H58N2O15/c37-35-3-1-2-4-36(35)53-32-30-51-28-26-49-24-22-47-20-18-45-16-14-43-12-10-41-9-11-42-13-15-44-17-19-46-21-23-48-25-27-50-29-31-52-34-7-5-33(6-8-34)38(39)40/h1-8H,9-32,37H2. The Morgan fingerprint density at radius 2 is 0.679 bits per heavy atom. The molecule has 0 amide bonds. The lowest BCUT2D eigenvalue weighted by Crippen LogP contribution is -2.15. The molecule has 2 N–H and O–H groups in total. The van der Waals surface area contributed by atoms with Gasteiger partial charge in [0.05, 0.1) is 156 Å². The topological polar surface area (TPSA) is 189 Å². The van der Waals surface area contributed by atoms with Crippen molar-refractivity contribution in [2.45, 2.75) is 0 Å². The summed E-state index contributed by atoms with van der Waals surface area (Å²) in [6.45, 7) is 11.2. The minimum Gasteiger partial charge on any atom is -0.491 e. The highest BCUT2D eigenvalue weighted by molar-refractivity contribution is 5.51. The van der Waals surface area contributed by atoms with Crippen molar-refractivity contribution in [1.29, 1.82) is 0 Å². The quantitative estimate of drug-likeness (QED) is 0.0453. The predicted octanol–water partition coefficient (Wildman–Crippen LogP) is 2.82. The molecule has 0 saturated heterocycles. The monoisotopic (exact) mass is 758 g/mol. The van der Waals surface area contributed by atoms with Crippen molar-refractivity contribution >= 4 is 11.4 Å². The second kappa shape index (κ2) is 34.6. The number of ether oxygens (including phenoxy) is 13. The van der Waals surface area contributed by atoms with Crippen molar-refractivity contribution in [3.63, 3.8) is 0 Å². The molecule has 0 spiro atoms. The number of nitrogen functional groups attached to an aromatic ring is 1. The molecule has 2 aromatic carbocycles. The van der Waals surface area contributed by atoms with Gasteiger partial charge in [0.15, 0.2) is 0 Å². The Hall–Kier alpha value is -3.20. The van der Waals surface area contributed by atoms with Crippen LogP contribution >= 0.6 is 0 Å². The van der Waals surface area contributed by atoms with E-state index >= 15 is 0 Å². The van der Waals surface area contributed by atoms with Gasteiger partial charge in [0, 0.05) is 12.1 Å². The molecule has 302 valence electrons. The number of benzene rings is 2. The Morgan fingerprint density at radius 3 is 0.981 bits per heavy atom. The van der Waals surface area contributed by atoms with Crippen LogP contribution in [0, 0.1) is 10.1 Å². The maximum absolute atomic E-state index is 10.6. The van der Waals surface area contributed by atoms with Gasteiger partial charge >= 0.3 is 0 Å². The molecule has 0 radical (unpaired) electrons. The van der Waals surface area contributed by atoms with Crippen molar-refractivity contribution < 1.29 is 66.5 Å². The number of para-hydroxylation sites is 2. The fraction of sp³-hybridized carbons (Fsp3) is 0.667. The summed E-state index contributed by atoms with van der Waals surface area (Å²) in [4.78, 5) is 10.2. The van der Waals surface area contributed by atoms with Crippen LogP contribution in [-0.2, 0) is 52.1 Å². The van der Waals surface area contributed by atoms with Crippen LogP contribution in [0.3, 0.4) is 0 Å². The Balaban J connectivity index is 1.15. The van der Waals surface area contributed by atoms with Gasteiger partial charge < -0.3 is 67.3 Å². The zero-order valence-electron chi connectivity index (χ0n) is 30.7. The van der Waals surface area contributed by atoms with Gasteiger partial charge in [-0.25, -0.2) is 0 Å². The number of anilines is 1. The van der Waals surface area contributed by atoms with Crippen LogP contribution < -0.4 is 15.2 Å². The van der Waals surface area contributed by atoms with E-state index in [1.54, 1.807) is 18.2 Å². The van der Waals surface area contributed by atoms with Crippen molar-refractivity contribution in [3.8, 4) is 11.5 Å². The molecule has 0 fully saturated rings. The van der Waals surface area contributed by atoms with Crippen molar-refractivity contribution in [3.05, 3.63) is 58.6 Å². The van der Waals surface area contributed by atoms with Crippen LogP contribution in [0.2, 0.25) is 0 Å². The zero-order valence-corrected chi connectivity index (χ0v) is 30.7. The normalized spacial score (nSPS) is 11.2. The number of non-ortho nitro benzene ring substituents is 1. The second-order valence-electron chi connectivity index (χ2n) is 10.7. The molecular weight excluding hydrogens is 700 g/mol. The summed E-state index contributed by atoms with van der Waals surface area (Å²) in [5, 5.41) is 10.6. The first kappa shape index (κ1) is 46.0. The molecule has 0 aliphatic rings. The van der Waals surface area contributed by atoms with Crippen LogP contribution in [-0.4, -0.2) is 163 Å². The smallest absolute Gasteiger partial charge is 0.269 e. The van der Waals surface area contributed by atoms with Gasteiger partial charge in [0.25, 0.3) is 5.69 Å². The molecule has 0 atom stereocenters. The van der Waals surface area contributed by atoms with Crippen LogP contribution in [0.25, 0.3) is 0 Å². The minimum absolute atomic E-state index is 0.0232. The fourth-order valence-corrected chi connectivity index (χ4v) is 4.01. The number of hydrogen-bond donors (Lipinski definition) is 1. The van der Waals surface area contributed by atoms with Gasteiger partial charge in [0.2, 0.25) is 0 Å². The Bertz CT molecular complexity index is 1120. The number of nitrogens with two attached hydrogens (primary N) is 1. The third-order valence-corrected chi connectivity index (χ3v) is 6.67. The molecule has 0 heterocycles. The molecule has 0 aliphatic heterocycles. The van der Waals surface area contributed by atoms with E-state index < -0.39 is 4.92 Å². The van der Waals surface area contributed by atoms with Crippen LogP contribution in [0.5, 0.6) is 11.5 Å². The summed E-state index contributed by atoms with van der Waals surface area (Å²) in [5.41, 5.74) is 6.46. The highest BCUT2D eigenvalue weighted by Gasteiger charge is 2.04. The molecule has 2 rings (SSSR count). The summed E-state index contributed by atoms with van der Waals surface area (Å²) in [5.74, 6) is 1.22. The van der Waals surface area contributed by atoms with E-state index in [9.17, 15) is 10.1 Å². The molecule has 0 aromatic heterocycles. The average molecular weight is 759 g/mol. The third-order valence-electron chi connectivity index (χ3n) is 6.67. The SMILES string of the molecule is Nc1ccccc1OCCOCCOCCOCCOCCOCCOCCOCCOCCOCCOCCOCCOc1ccc([N+](=O)[O-])cc1. The lowest BCUT2D eigenvalue weighted by atomic mass is 10.3. The maximum atomic E-state index is 10.6. The number of hydrogen-bond acceptors (Lipinski definition) is 16. The van der Waals surface area contributed by atoms with Crippen molar-refractivity contribution in [2.75, 3.05) is 164 Å². The van der Waals surface area contributed by atoms with Gasteiger partial charge in [-0.15, -0.1) is 0 Å². The highest BCUT2D eigenvalue weighted by Crippen LogP contribution is 2.19. The van der Waals surface area contributed by atoms with Crippen LogP contribution in [0.1, 0.15) is 0 Å². The van der Waals surface area contributed by atoms with Crippen molar-refractivity contribution in [1.82, 2.24) is 0 Å². The van der Waals surface area contributed by atoms with Gasteiger partial charge in [-0.3, -0.25) is 10.1 Å². The number of rotatable bonds is 39. The Kier molecular flexibility index (Phi) is 30.0. The molecule has 0 unspecified atom stereocenters. The van der Waals surface area contributed by atoms with Gasteiger partial charge in [-0.05, 0) is 24.3 Å². The Labute approximate surface area is 312 Å². The van der Waals surface area contributed by atoms with E-state index in [1.165, 1.54) is 12.1 Å². The van der Waals surface area contributed by atoms with Crippen LogP contribution in [0.4, 0.5) is 11.4 Å². The summed E-state index contributed by atoms with van der Waals surface area (Å²) in [6, 6.07) is 13.3. The predicted molar refractivity (Wildman–Crippen MR) is 194 cm³/mol. The first-order valence-corrected chi connectivity index (χ1v) is 17.9. The van der Waals surface area contributed by atoms with Gasteiger partial charge in [-0.1, -0.05) is 12.1 Å². The van der Waals surface area contributed by atoms with E-state index in [1.807, 2.05) is 18.2 Å². The molecule has 0 aliphatic carbocycles. The summed E-state index contributed by atoms with van der Waals surface area (Å²) in [6.07, 6.45) is 0. The number of nitro benzene ring substituents is 1. The highest BCUT2D eigenvalue weighted by atomic mass is 16.6. The first-order valence-electron chi connectivity index (χ1n) is 17.9. The van der Waals surface area contributed by atoms with E-state index in [0.717, 1.165) is 0 Å². The zero-order chi connectivity index (χ0) is 37.7. The molecule has 17 nitrogen and oxygen atoms in total. The molecule has 0 bridgehead atoms. The molecule has 2 aromatic rings. The lowest BCUT2D eigenvalue weighted by molar-refractivity contribution is -0.384. The molecule has 0 saturated carbocycles. The Morgan fingerprint density at radius 1 is 0.396 bits per heavy atom. The summed E-state index contributed by atoms with van der Waals surface area (Å²) < 4.78 is 71.2. The average Bonchev–Trinajstić information content (AvgIpc) is 3.17. The van der Waals surface area contributed by atoms with Crippen molar-refractivity contribution in [2.24, 2.45) is 0 Å². The van der Waals surface area contributed by atoms with Gasteiger partial charge in [0.1, 0.15) is 24.7 Å². The molecule has 17 heteroatoms. The van der Waals surface area contributed by atoms with E-state index in [4.69, 9.17) is 67.3 Å². The maximum Gasteiger partial charge on any atom is 0.269 e. The molecular formula is C36H58N2O15. The largest absolute Gasteiger partial charge is 0.491 e. The second-order valence-corrected chi connectivity index (χ2v) is 10.7. The fourth-order valence-electron chi connectivity index (χ4n) is 4.01.